The van der Waals surface area contributed by atoms with Gasteiger partial charge in [-0.25, -0.2) is 4.39 Å². The predicted molar refractivity (Wildman–Crippen MR) is 62.3 cm³/mol. The fourth-order valence-corrected chi connectivity index (χ4v) is 1.34. The Morgan fingerprint density at radius 2 is 2.19 bits per heavy atom. The van der Waals surface area contributed by atoms with Crippen LogP contribution in [-0.4, -0.2) is 38.0 Å². The highest BCUT2D eigenvalue weighted by Gasteiger charge is 2.13. The topological polar surface area (TPSA) is 32.3 Å². The first-order valence-electron chi connectivity index (χ1n) is 4.89. The van der Waals surface area contributed by atoms with Crippen molar-refractivity contribution in [2.24, 2.45) is 0 Å². The van der Waals surface area contributed by atoms with Crippen LogP contribution in [0.2, 0.25) is 5.02 Å². The molecular weight excluding hydrogens is 231 g/mol. The van der Waals surface area contributed by atoms with Crippen LogP contribution in [0.15, 0.2) is 18.2 Å². The zero-order valence-electron chi connectivity index (χ0n) is 9.26. The number of halogens is 2. The lowest BCUT2D eigenvalue weighted by Crippen LogP contribution is -2.31. The number of nitrogens with one attached hydrogen (secondary N) is 1. The number of rotatable bonds is 4. The Bertz CT molecular complexity index is 382. The molecule has 5 heteroatoms. The number of hydrogen-bond donors (Lipinski definition) is 1. The molecule has 1 amide bonds. The van der Waals surface area contributed by atoms with Crippen LogP contribution < -0.4 is 5.32 Å². The average molecular weight is 245 g/mol. The van der Waals surface area contributed by atoms with Crippen molar-refractivity contribution in [3.8, 4) is 0 Å². The first-order chi connectivity index (χ1) is 7.52. The van der Waals surface area contributed by atoms with Crippen LogP contribution in [0.25, 0.3) is 0 Å². The Hall–Kier alpha value is -1.13. The maximum Gasteiger partial charge on any atom is 0.254 e. The molecule has 1 N–H and O–H groups in total. The Balaban J connectivity index is 2.63. The zero-order valence-corrected chi connectivity index (χ0v) is 10.0. The Kier molecular flexibility index (Phi) is 4.71. The summed E-state index contributed by atoms with van der Waals surface area (Å²) in [5, 5.41) is 2.58. The van der Waals surface area contributed by atoms with Crippen LogP contribution in [0.4, 0.5) is 4.39 Å². The second kappa shape index (κ2) is 5.82. The molecule has 1 aromatic carbocycles. The van der Waals surface area contributed by atoms with Gasteiger partial charge >= 0.3 is 0 Å². The van der Waals surface area contributed by atoms with E-state index in [1.54, 1.807) is 6.07 Å². The van der Waals surface area contributed by atoms with E-state index in [2.05, 4.69) is 5.32 Å². The van der Waals surface area contributed by atoms with Gasteiger partial charge in [-0.15, -0.1) is 0 Å². The second-order valence-corrected chi connectivity index (χ2v) is 4.07. The van der Waals surface area contributed by atoms with Crippen LogP contribution >= 0.6 is 11.6 Å². The molecule has 0 spiro atoms. The zero-order chi connectivity index (χ0) is 12.1. The van der Waals surface area contributed by atoms with Gasteiger partial charge in [-0.2, -0.15) is 0 Å². The fourth-order valence-electron chi connectivity index (χ4n) is 1.17. The quantitative estimate of drug-likeness (QED) is 0.876. The van der Waals surface area contributed by atoms with Crippen LogP contribution in [0.3, 0.4) is 0 Å². The minimum absolute atomic E-state index is 0.0220. The van der Waals surface area contributed by atoms with Gasteiger partial charge in [0.05, 0.1) is 10.6 Å². The summed E-state index contributed by atoms with van der Waals surface area (Å²) in [7, 11) is 3.79. The molecule has 0 aliphatic rings. The van der Waals surface area contributed by atoms with Gasteiger partial charge in [0.1, 0.15) is 0 Å². The SMILES string of the molecule is CN(C)CCNC(=O)c1cccc(Cl)c1F. The van der Waals surface area contributed by atoms with E-state index in [1.165, 1.54) is 12.1 Å². The van der Waals surface area contributed by atoms with Crippen LogP contribution in [-0.2, 0) is 0 Å². The first kappa shape index (κ1) is 12.9. The molecule has 1 aromatic rings. The van der Waals surface area contributed by atoms with Gasteiger partial charge in [0.2, 0.25) is 0 Å². The van der Waals surface area contributed by atoms with Crippen molar-refractivity contribution >= 4 is 17.5 Å². The van der Waals surface area contributed by atoms with E-state index >= 15 is 0 Å². The third kappa shape index (κ3) is 3.47. The monoisotopic (exact) mass is 244 g/mol. The molecule has 0 aromatic heterocycles. The van der Waals surface area contributed by atoms with Gasteiger partial charge in [0, 0.05) is 13.1 Å². The van der Waals surface area contributed by atoms with Crippen molar-refractivity contribution in [3.05, 3.63) is 34.6 Å². The molecule has 0 radical (unpaired) electrons. The van der Waals surface area contributed by atoms with E-state index in [1.807, 2.05) is 19.0 Å². The number of likely N-dealkylation sites (N-methyl/N-ethyl adjacent to an activating group) is 1. The normalized spacial score (nSPS) is 10.6. The third-order valence-corrected chi connectivity index (χ3v) is 2.33. The van der Waals surface area contributed by atoms with Crippen molar-refractivity contribution in [1.82, 2.24) is 10.2 Å². The molecule has 0 heterocycles. The van der Waals surface area contributed by atoms with E-state index < -0.39 is 11.7 Å². The number of carbonyl (C=O) groups excluding carboxylic acids is 1. The van der Waals surface area contributed by atoms with E-state index in [9.17, 15) is 9.18 Å². The van der Waals surface area contributed by atoms with E-state index in [4.69, 9.17) is 11.6 Å². The van der Waals surface area contributed by atoms with Gasteiger partial charge in [-0.3, -0.25) is 4.79 Å². The van der Waals surface area contributed by atoms with Crippen LogP contribution in [0, 0.1) is 5.82 Å². The van der Waals surface area contributed by atoms with Crippen molar-refractivity contribution in [2.45, 2.75) is 0 Å². The Morgan fingerprint density at radius 3 is 2.81 bits per heavy atom. The van der Waals surface area contributed by atoms with Gasteiger partial charge in [0.25, 0.3) is 5.91 Å². The summed E-state index contributed by atoms with van der Waals surface area (Å²) in [5.74, 6) is -1.12. The summed E-state index contributed by atoms with van der Waals surface area (Å²) in [6, 6.07) is 4.37. The molecule has 16 heavy (non-hydrogen) atoms. The van der Waals surface area contributed by atoms with Crippen molar-refractivity contribution in [2.75, 3.05) is 27.2 Å². The molecule has 88 valence electrons. The lowest BCUT2D eigenvalue weighted by Gasteiger charge is -2.10. The number of carbonyl (C=O) groups is 1. The summed E-state index contributed by atoms with van der Waals surface area (Å²) in [6.45, 7) is 1.17. The number of benzene rings is 1. The molecule has 0 saturated carbocycles. The minimum atomic E-state index is -0.675. The summed E-state index contributed by atoms with van der Waals surface area (Å²) in [6.07, 6.45) is 0. The molecular formula is C11H14ClFN2O. The highest BCUT2D eigenvalue weighted by Crippen LogP contribution is 2.17. The molecule has 0 aliphatic heterocycles. The predicted octanol–water partition coefficient (Wildman–Crippen LogP) is 1.77. The molecule has 1 rings (SSSR count). The highest BCUT2D eigenvalue weighted by molar-refractivity contribution is 6.31. The Labute approximate surface area is 99.2 Å². The van der Waals surface area contributed by atoms with Crippen LogP contribution in [0.5, 0.6) is 0 Å². The molecule has 0 unspecified atom stereocenters. The summed E-state index contributed by atoms with van der Waals surface area (Å²) in [4.78, 5) is 13.5. The van der Waals surface area contributed by atoms with Crippen molar-refractivity contribution < 1.29 is 9.18 Å². The van der Waals surface area contributed by atoms with Crippen LogP contribution in [0.1, 0.15) is 10.4 Å². The largest absolute Gasteiger partial charge is 0.351 e. The Morgan fingerprint density at radius 1 is 1.50 bits per heavy atom. The molecule has 3 nitrogen and oxygen atoms in total. The smallest absolute Gasteiger partial charge is 0.254 e. The van der Waals surface area contributed by atoms with Gasteiger partial charge < -0.3 is 10.2 Å². The van der Waals surface area contributed by atoms with Crippen molar-refractivity contribution in [1.29, 1.82) is 0 Å². The summed E-state index contributed by atoms with van der Waals surface area (Å²) in [5.41, 5.74) is -0.0220. The number of nitrogens with zero attached hydrogens (tertiary/aromatic N) is 1. The van der Waals surface area contributed by atoms with Crippen molar-refractivity contribution in [3.63, 3.8) is 0 Å². The lowest BCUT2D eigenvalue weighted by atomic mass is 10.2. The van der Waals surface area contributed by atoms with Gasteiger partial charge in [-0.1, -0.05) is 17.7 Å². The summed E-state index contributed by atoms with van der Waals surface area (Å²) >= 11 is 5.58. The third-order valence-electron chi connectivity index (χ3n) is 2.04. The maximum absolute atomic E-state index is 13.4. The molecule has 0 fully saturated rings. The molecule has 0 aliphatic carbocycles. The standard InChI is InChI=1S/C11H14ClFN2O/c1-15(2)7-6-14-11(16)8-4-3-5-9(12)10(8)13/h3-5H,6-7H2,1-2H3,(H,14,16). The average Bonchev–Trinajstić information content (AvgIpc) is 2.21. The molecule has 0 atom stereocenters. The first-order valence-corrected chi connectivity index (χ1v) is 5.27. The minimum Gasteiger partial charge on any atom is -0.351 e. The lowest BCUT2D eigenvalue weighted by molar-refractivity contribution is 0.0947. The summed E-state index contributed by atoms with van der Waals surface area (Å²) < 4.78 is 13.4. The molecule has 0 bridgehead atoms. The maximum atomic E-state index is 13.4. The number of amides is 1. The van der Waals surface area contributed by atoms with E-state index in [-0.39, 0.29) is 10.6 Å². The van der Waals surface area contributed by atoms with E-state index in [0.717, 1.165) is 0 Å². The number of hydrogen-bond acceptors (Lipinski definition) is 2. The van der Waals surface area contributed by atoms with Gasteiger partial charge in [0.15, 0.2) is 5.82 Å². The fraction of sp³-hybridized carbons (Fsp3) is 0.364. The molecule has 0 saturated heterocycles. The van der Waals surface area contributed by atoms with Gasteiger partial charge in [-0.05, 0) is 26.2 Å². The second-order valence-electron chi connectivity index (χ2n) is 3.66. The highest BCUT2D eigenvalue weighted by atomic mass is 35.5. The van der Waals surface area contributed by atoms with E-state index in [0.29, 0.717) is 13.1 Å².